The number of thiazole rings is 1. The number of hydrogen-bond donors (Lipinski definition) is 1. The zero-order chi connectivity index (χ0) is 93.4. The van der Waals surface area contributed by atoms with Crippen LogP contribution in [0.3, 0.4) is 0 Å². The lowest BCUT2D eigenvalue weighted by Crippen LogP contribution is -2.54. The van der Waals surface area contributed by atoms with Gasteiger partial charge in [0, 0.05) is 263 Å². The number of nitrogens with zero attached hydrogens (tertiary/aromatic N) is 18. The highest BCUT2D eigenvalue weighted by Gasteiger charge is 2.30. The third kappa shape index (κ3) is 20.3. The molecular weight excluding hydrogens is 1750 g/mol. The van der Waals surface area contributed by atoms with Crippen molar-refractivity contribution < 1.29 is 26.5 Å². The molecule has 5 saturated heterocycles. The van der Waals surface area contributed by atoms with Gasteiger partial charge >= 0.3 is 28.1 Å². The molecule has 12 aromatic heterocycles. The fraction of sp³-hybridized carbons (Fsp3) is 0.320. The third-order valence-corrected chi connectivity index (χ3v) is 27.3. The SMILES string of the molecule is CN1CCCN(c2ccc3cc(-c4cn5cccc(F)c5n4)c(=O)oc3c2)CC1.CN1CCN(c2ccc3cc(-c4ccnc(C5CC5)n4)c(=O)oc3c2)CC1.C[C@@H]1CN(c2ccc3cc(-c4cn5cccc(Cl)c5n4)c(=O)oc3c2)CCN1C.Cc1csc(-c2cc3ccc(N4C[C@@H](C)NC[C@@H]4C)cc3oc2=O)n1.Cc1nccc(-c2cc3ccc(N4CCN(C)CC4)cc3oc2=O)n1. The van der Waals surface area contributed by atoms with Crippen molar-refractivity contribution in [2.75, 3.05) is 164 Å². The molecule has 6 fully saturated rings. The van der Waals surface area contributed by atoms with Crippen LogP contribution in [0.4, 0.5) is 32.8 Å². The predicted octanol–water partition coefficient (Wildman–Crippen LogP) is 15.9. The summed E-state index contributed by atoms with van der Waals surface area (Å²) >= 11 is 7.68. The van der Waals surface area contributed by atoms with Gasteiger partial charge in [0.25, 0.3) is 0 Å². The lowest BCUT2D eigenvalue weighted by atomic mass is 10.1. The number of halogens is 2. The summed E-state index contributed by atoms with van der Waals surface area (Å²) in [5.74, 6) is 1.47. The van der Waals surface area contributed by atoms with Gasteiger partial charge in [-0.25, -0.2) is 63.3 Å². The second kappa shape index (κ2) is 39.1. The second-order valence-corrected chi connectivity index (χ2v) is 37.2. The molecule has 5 aliphatic heterocycles. The highest BCUT2D eigenvalue weighted by molar-refractivity contribution is 7.13. The van der Waals surface area contributed by atoms with Crippen LogP contribution < -0.4 is 57.9 Å². The van der Waals surface area contributed by atoms with Crippen molar-refractivity contribution in [3.05, 3.63) is 281 Å². The molecule has 1 saturated carbocycles. The van der Waals surface area contributed by atoms with Crippen molar-refractivity contribution >= 4 is 118 Å². The van der Waals surface area contributed by atoms with E-state index in [1.807, 2.05) is 109 Å². The maximum absolute atomic E-state index is 14.0. The van der Waals surface area contributed by atoms with Crippen molar-refractivity contribution in [1.29, 1.82) is 0 Å². The number of aryl methyl sites for hydroxylation is 2. The molecule has 0 unspecified atom stereocenters. The van der Waals surface area contributed by atoms with E-state index in [0.717, 1.165) is 197 Å². The van der Waals surface area contributed by atoms with E-state index in [1.54, 1.807) is 77.0 Å². The van der Waals surface area contributed by atoms with Gasteiger partial charge in [-0.15, -0.1) is 11.3 Å². The summed E-state index contributed by atoms with van der Waals surface area (Å²) in [4.78, 5) is 114. The minimum Gasteiger partial charge on any atom is -0.422 e. The number of anilines is 5. The Labute approximate surface area is 785 Å². The Hall–Kier alpha value is -13.7. The summed E-state index contributed by atoms with van der Waals surface area (Å²) < 4.78 is 45.5. The topological polar surface area (TPSA) is 291 Å². The molecule has 29 nitrogen and oxygen atoms in total. The van der Waals surface area contributed by atoms with Gasteiger partial charge in [-0.1, -0.05) is 11.6 Å². The van der Waals surface area contributed by atoms with Crippen LogP contribution in [0.25, 0.3) is 122 Å². The minimum absolute atomic E-state index is 0.184. The molecule has 692 valence electrons. The van der Waals surface area contributed by atoms with Gasteiger partial charge < -0.3 is 80.3 Å². The molecular formula is C103H105ClFN19O10S. The van der Waals surface area contributed by atoms with E-state index in [0.29, 0.717) is 124 Å². The molecule has 3 atom stereocenters. The molecule has 0 radical (unpaired) electrons. The molecule has 0 bridgehead atoms. The Bertz CT molecular complexity index is 7430. The van der Waals surface area contributed by atoms with Crippen LogP contribution in [0.1, 0.15) is 63.3 Å². The average Bonchev–Trinajstić information content (AvgIpc) is 1.73. The van der Waals surface area contributed by atoms with Crippen molar-refractivity contribution in [2.24, 2.45) is 0 Å². The van der Waals surface area contributed by atoms with E-state index in [-0.39, 0.29) is 22.5 Å². The smallest absolute Gasteiger partial charge is 0.346 e. The highest BCUT2D eigenvalue weighted by Crippen LogP contribution is 2.39. The van der Waals surface area contributed by atoms with Crippen LogP contribution in [0, 0.1) is 19.7 Å². The summed E-state index contributed by atoms with van der Waals surface area (Å²) in [5, 5.41) is 11.1. The Morgan fingerprint density at radius 2 is 0.852 bits per heavy atom. The number of fused-ring (bicyclic) bond motifs is 7. The Balaban J connectivity index is 0.000000109. The van der Waals surface area contributed by atoms with E-state index in [9.17, 15) is 28.4 Å². The number of pyridine rings is 2. The van der Waals surface area contributed by atoms with E-state index in [4.69, 9.17) is 33.7 Å². The third-order valence-electron chi connectivity index (χ3n) is 26.1. The van der Waals surface area contributed by atoms with Gasteiger partial charge in [-0.05, 0) is 216 Å². The van der Waals surface area contributed by atoms with Gasteiger partial charge in [0.05, 0.1) is 55.6 Å². The zero-order valence-electron chi connectivity index (χ0n) is 76.8. The van der Waals surface area contributed by atoms with Crippen LogP contribution >= 0.6 is 22.9 Å². The molecule has 0 spiro atoms. The second-order valence-electron chi connectivity index (χ2n) is 35.9. The Kier molecular flexibility index (Phi) is 26.2. The molecule has 17 heterocycles. The predicted molar refractivity (Wildman–Crippen MR) is 533 cm³/mol. The number of benzene rings is 5. The highest BCUT2D eigenvalue weighted by atomic mass is 35.5. The van der Waals surface area contributed by atoms with Crippen LogP contribution in [0.15, 0.2) is 246 Å². The Morgan fingerprint density at radius 3 is 1.33 bits per heavy atom. The number of imidazole rings is 2. The quantitative estimate of drug-likeness (QED) is 0.118. The van der Waals surface area contributed by atoms with Crippen molar-refractivity contribution in [2.45, 2.75) is 77.9 Å². The monoisotopic (exact) mass is 1850 g/mol. The van der Waals surface area contributed by atoms with Crippen molar-refractivity contribution in [1.82, 2.24) is 68.6 Å². The van der Waals surface area contributed by atoms with Gasteiger partial charge in [-0.3, -0.25) is 0 Å². The normalized spacial score (nSPS) is 17.7. The molecule has 23 rings (SSSR count). The average molecular weight is 1860 g/mol. The number of likely N-dealkylation sites (N-methyl/N-ethyl adjacent to an activating group) is 4. The van der Waals surface area contributed by atoms with E-state index < -0.39 is 17.1 Å². The first-order chi connectivity index (χ1) is 65.3. The molecule has 1 N–H and O–H groups in total. The number of rotatable bonds is 11. The fourth-order valence-corrected chi connectivity index (χ4v) is 18.8. The lowest BCUT2D eigenvalue weighted by molar-refractivity contribution is 0.234. The summed E-state index contributed by atoms with van der Waals surface area (Å²) in [6, 6.07) is 50.8. The standard InChI is InChI=1S/C22H21ClN4O2.C22H21FN4O2.C21H22N4O2.C19H20N4O2.C19H21N3O2S/c1-14-12-26(9-8-25(14)2)16-6-5-15-10-17(22(28)29-20(15)11-16)19-13-27-7-3-4-18(23)21(27)24-19;1-25-7-3-9-26(11-10-25)16-6-5-15-12-17(22(28)29-20(15)13-16)19-14-27-8-2-4-18(23)21(27)24-19;1-24-8-10-25(11-9-24)16-5-4-15-12-17(21(26)27-19(15)13-16)18-6-7-22-20(23-18)14-2-3-14;1-13-20-6-5-17(21-13)16-11-14-3-4-15(12-18(14)25-19(16)24)23-9-7-22(2)8-10-23;1-11-9-22(13(3)8-20-11)15-5-4-14-6-16(18-21-12(2)10-25-18)19(23)24-17(14)7-15/h3-7,10-11,13-14H,8-9,12H2,1-2H3;2,4-6,8,12-14H,3,7,9-11H2,1H3;4-7,12-14H,2-3,8-11H2,1H3;3-6,11-12H,7-10H2,1-2H3;4-7,10-11,13,20H,8-9H2,1-3H3/t14-;;;;11-,13+/m1...1/s1. The molecule has 32 heteroatoms. The molecule has 0 amide bonds. The maximum Gasteiger partial charge on any atom is 0.346 e. The first kappa shape index (κ1) is 90.5. The van der Waals surface area contributed by atoms with Gasteiger partial charge in [0.15, 0.2) is 17.1 Å². The first-order valence-corrected chi connectivity index (χ1v) is 47.1. The molecule has 5 aromatic carbocycles. The van der Waals surface area contributed by atoms with Crippen LogP contribution in [-0.2, 0) is 0 Å². The molecule has 17 aromatic rings. The minimum atomic E-state index is -0.478. The van der Waals surface area contributed by atoms with E-state index in [2.05, 4.69) is 164 Å². The summed E-state index contributed by atoms with van der Waals surface area (Å²) in [6.07, 6.45) is 13.7. The van der Waals surface area contributed by atoms with E-state index in [1.165, 1.54) is 17.4 Å². The van der Waals surface area contributed by atoms with Crippen LogP contribution in [0.2, 0.25) is 5.02 Å². The molecule has 6 aliphatic rings. The first-order valence-electron chi connectivity index (χ1n) is 45.8. The van der Waals surface area contributed by atoms with E-state index >= 15 is 0 Å². The summed E-state index contributed by atoms with van der Waals surface area (Å²) in [5.41, 5.74) is 12.6. The van der Waals surface area contributed by atoms with Crippen LogP contribution in [-0.4, -0.2) is 221 Å². The lowest BCUT2D eigenvalue weighted by Gasteiger charge is -2.39. The van der Waals surface area contributed by atoms with Crippen molar-refractivity contribution in [3.63, 3.8) is 0 Å². The zero-order valence-corrected chi connectivity index (χ0v) is 78.4. The van der Waals surface area contributed by atoms with Crippen LogP contribution in [0.5, 0.6) is 0 Å². The fourth-order valence-electron chi connectivity index (χ4n) is 17.8. The number of nitrogens with one attached hydrogen (secondary N) is 1. The van der Waals surface area contributed by atoms with Gasteiger partial charge in [-0.2, -0.15) is 0 Å². The van der Waals surface area contributed by atoms with Crippen molar-refractivity contribution in [3.8, 4) is 55.6 Å². The number of aromatic nitrogens is 9. The maximum atomic E-state index is 14.0. The number of hydrogen-bond acceptors (Lipinski definition) is 28. The number of piperazine rings is 4. The summed E-state index contributed by atoms with van der Waals surface area (Å²) in [7, 11) is 8.55. The Morgan fingerprint density at radius 1 is 0.422 bits per heavy atom. The van der Waals surface area contributed by atoms with Gasteiger partial charge in [0.1, 0.15) is 44.6 Å². The molecule has 1 aliphatic carbocycles. The summed E-state index contributed by atoms with van der Waals surface area (Å²) in [6.45, 7) is 27.2. The molecule has 135 heavy (non-hydrogen) atoms. The largest absolute Gasteiger partial charge is 0.422 e. The van der Waals surface area contributed by atoms with Gasteiger partial charge in [0.2, 0.25) is 0 Å².